The number of benzene rings is 1. The molecule has 0 bridgehead atoms. The van der Waals surface area contributed by atoms with E-state index >= 15 is 0 Å². The summed E-state index contributed by atoms with van der Waals surface area (Å²) >= 11 is 0. The highest BCUT2D eigenvalue weighted by atomic mass is 16.3. The second-order valence-corrected chi connectivity index (χ2v) is 5.74. The summed E-state index contributed by atoms with van der Waals surface area (Å²) in [6, 6.07) is 11.4. The zero-order chi connectivity index (χ0) is 17.5. The standard InChI is InChI=1S/C18H22N2O4/c1-12(11-15(21)14-7-4-3-5-8-14)19-17(22)13(2)20-18(23)16-9-6-10-24-16/h3-10,12-13,15,21H,11H2,1-2H3,(H,19,22)(H,20,23). The van der Waals surface area contributed by atoms with Crippen molar-refractivity contribution in [3.8, 4) is 0 Å². The Kier molecular flexibility index (Phi) is 6.14. The van der Waals surface area contributed by atoms with Crippen molar-refractivity contribution in [3.05, 3.63) is 60.1 Å². The average molecular weight is 330 g/mol. The molecule has 0 saturated heterocycles. The van der Waals surface area contributed by atoms with Gasteiger partial charge in [0, 0.05) is 6.04 Å². The van der Waals surface area contributed by atoms with E-state index in [9.17, 15) is 14.7 Å². The van der Waals surface area contributed by atoms with Gasteiger partial charge in [0.15, 0.2) is 5.76 Å². The number of carbonyl (C=O) groups excluding carboxylic acids is 2. The van der Waals surface area contributed by atoms with Gasteiger partial charge in [0.1, 0.15) is 6.04 Å². The maximum Gasteiger partial charge on any atom is 0.287 e. The Balaban J connectivity index is 1.81. The van der Waals surface area contributed by atoms with Crippen LogP contribution < -0.4 is 10.6 Å². The first kappa shape index (κ1) is 17.7. The van der Waals surface area contributed by atoms with E-state index in [4.69, 9.17) is 4.42 Å². The first-order valence-electron chi connectivity index (χ1n) is 7.85. The van der Waals surface area contributed by atoms with Gasteiger partial charge in [-0.15, -0.1) is 0 Å². The fraction of sp³-hybridized carbons (Fsp3) is 0.333. The minimum atomic E-state index is -0.709. The highest BCUT2D eigenvalue weighted by Gasteiger charge is 2.20. The zero-order valence-corrected chi connectivity index (χ0v) is 13.7. The van der Waals surface area contributed by atoms with Gasteiger partial charge in [-0.2, -0.15) is 0 Å². The number of hydrogen-bond donors (Lipinski definition) is 3. The van der Waals surface area contributed by atoms with Gasteiger partial charge >= 0.3 is 0 Å². The molecule has 1 heterocycles. The van der Waals surface area contributed by atoms with Crippen LogP contribution in [0.2, 0.25) is 0 Å². The van der Waals surface area contributed by atoms with E-state index in [1.165, 1.54) is 12.3 Å². The molecule has 3 unspecified atom stereocenters. The molecule has 128 valence electrons. The molecule has 0 saturated carbocycles. The van der Waals surface area contributed by atoms with Gasteiger partial charge in [-0.3, -0.25) is 9.59 Å². The van der Waals surface area contributed by atoms with Gasteiger partial charge in [0.2, 0.25) is 5.91 Å². The summed E-state index contributed by atoms with van der Waals surface area (Å²) in [5, 5.41) is 15.5. The molecule has 3 N–H and O–H groups in total. The summed E-state index contributed by atoms with van der Waals surface area (Å²) < 4.78 is 4.98. The normalized spacial score (nSPS) is 14.5. The highest BCUT2D eigenvalue weighted by molar-refractivity contribution is 5.95. The van der Waals surface area contributed by atoms with Crippen LogP contribution in [0.1, 0.15) is 42.5 Å². The smallest absolute Gasteiger partial charge is 0.287 e. The van der Waals surface area contributed by atoms with Crippen LogP contribution in [0, 0.1) is 0 Å². The predicted molar refractivity (Wildman–Crippen MR) is 89.3 cm³/mol. The van der Waals surface area contributed by atoms with Crippen molar-refractivity contribution < 1.29 is 19.1 Å². The average Bonchev–Trinajstić information content (AvgIpc) is 3.10. The monoisotopic (exact) mass is 330 g/mol. The molecule has 2 rings (SSSR count). The van der Waals surface area contributed by atoms with Gasteiger partial charge in [-0.25, -0.2) is 0 Å². The predicted octanol–water partition coefficient (Wildman–Crippen LogP) is 2.03. The molecule has 24 heavy (non-hydrogen) atoms. The highest BCUT2D eigenvalue weighted by Crippen LogP contribution is 2.17. The van der Waals surface area contributed by atoms with Gasteiger partial charge in [-0.1, -0.05) is 30.3 Å². The zero-order valence-electron chi connectivity index (χ0n) is 13.7. The SMILES string of the molecule is CC(CC(O)c1ccccc1)NC(=O)C(C)NC(=O)c1ccco1. The van der Waals surface area contributed by atoms with Crippen LogP contribution >= 0.6 is 0 Å². The summed E-state index contributed by atoms with van der Waals surface area (Å²) in [5.74, 6) is -0.607. The first-order chi connectivity index (χ1) is 11.5. The van der Waals surface area contributed by atoms with E-state index in [1.807, 2.05) is 37.3 Å². The molecular formula is C18H22N2O4. The molecule has 0 aliphatic heterocycles. The van der Waals surface area contributed by atoms with Gasteiger partial charge < -0.3 is 20.2 Å². The number of aliphatic hydroxyl groups is 1. The minimum absolute atomic E-state index is 0.155. The van der Waals surface area contributed by atoms with Crippen molar-refractivity contribution >= 4 is 11.8 Å². The van der Waals surface area contributed by atoms with Crippen LogP contribution in [0.25, 0.3) is 0 Å². The molecule has 6 nitrogen and oxygen atoms in total. The maximum atomic E-state index is 12.1. The fourth-order valence-electron chi connectivity index (χ4n) is 2.31. The Morgan fingerprint density at radius 2 is 1.79 bits per heavy atom. The lowest BCUT2D eigenvalue weighted by Crippen LogP contribution is -2.47. The quantitative estimate of drug-likeness (QED) is 0.724. The Bertz CT molecular complexity index is 655. The van der Waals surface area contributed by atoms with Crippen molar-refractivity contribution in [2.24, 2.45) is 0 Å². The molecule has 1 aromatic carbocycles. The van der Waals surface area contributed by atoms with Crippen LogP contribution in [-0.2, 0) is 4.79 Å². The largest absolute Gasteiger partial charge is 0.459 e. The molecule has 6 heteroatoms. The Hall–Kier alpha value is -2.60. The number of amides is 2. The lowest BCUT2D eigenvalue weighted by molar-refractivity contribution is -0.123. The van der Waals surface area contributed by atoms with Gasteiger partial charge in [0.25, 0.3) is 5.91 Å². The number of hydrogen-bond acceptors (Lipinski definition) is 4. The van der Waals surface area contributed by atoms with E-state index in [0.29, 0.717) is 6.42 Å². The summed E-state index contributed by atoms with van der Waals surface area (Å²) in [6.45, 7) is 3.40. The minimum Gasteiger partial charge on any atom is -0.459 e. The summed E-state index contributed by atoms with van der Waals surface area (Å²) in [7, 11) is 0. The molecular weight excluding hydrogens is 308 g/mol. The fourth-order valence-corrected chi connectivity index (χ4v) is 2.31. The third-order valence-corrected chi connectivity index (χ3v) is 3.64. The van der Waals surface area contributed by atoms with Crippen molar-refractivity contribution in [3.63, 3.8) is 0 Å². The van der Waals surface area contributed by atoms with E-state index in [2.05, 4.69) is 10.6 Å². The van der Waals surface area contributed by atoms with E-state index in [0.717, 1.165) is 5.56 Å². The molecule has 1 aromatic heterocycles. The topological polar surface area (TPSA) is 91.6 Å². The lowest BCUT2D eigenvalue weighted by Gasteiger charge is -2.20. The van der Waals surface area contributed by atoms with Crippen LogP contribution in [0.15, 0.2) is 53.1 Å². The summed E-state index contributed by atoms with van der Waals surface area (Å²) in [6.07, 6.45) is 1.12. The second-order valence-electron chi connectivity index (χ2n) is 5.74. The lowest BCUT2D eigenvalue weighted by atomic mass is 10.0. The first-order valence-corrected chi connectivity index (χ1v) is 7.85. The van der Waals surface area contributed by atoms with Crippen LogP contribution in [0.4, 0.5) is 0 Å². The molecule has 0 spiro atoms. The number of aliphatic hydroxyl groups excluding tert-OH is 1. The maximum absolute atomic E-state index is 12.1. The molecule has 0 aliphatic carbocycles. The van der Waals surface area contributed by atoms with E-state index < -0.39 is 18.1 Å². The number of furan rings is 1. The number of carbonyl (C=O) groups is 2. The summed E-state index contributed by atoms with van der Waals surface area (Å²) in [5.41, 5.74) is 0.803. The molecule has 0 radical (unpaired) electrons. The second kappa shape index (κ2) is 8.31. The van der Waals surface area contributed by atoms with Crippen LogP contribution in [0.5, 0.6) is 0 Å². The van der Waals surface area contributed by atoms with Gasteiger partial charge in [-0.05, 0) is 38.0 Å². The van der Waals surface area contributed by atoms with Crippen molar-refractivity contribution in [1.82, 2.24) is 10.6 Å². The number of nitrogens with one attached hydrogen (secondary N) is 2. The van der Waals surface area contributed by atoms with Crippen LogP contribution in [0.3, 0.4) is 0 Å². The molecule has 2 aromatic rings. The third-order valence-electron chi connectivity index (χ3n) is 3.64. The Morgan fingerprint density at radius 3 is 2.42 bits per heavy atom. The molecule has 3 atom stereocenters. The van der Waals surface area contributed by atoms with Crippen molar-refractivity contribution in [2.75, 3.05) is 0 Å². The van der Waals surface area contributed by atoms with E-state index in [1.54, 1.807) is 13.0 Å². The van der Waals surface area contributed by atoms with E-state index in [-0.39, 0.29) is 17.7 Å². The summed E-state index contributed by atoms with van der Waals surface area (Å²) in [4.78, 5) is 24.0. The number of rotatable bonds is 7. The Labute approximate surface area is 140 Å². The third kappa shape index (κ3) is 4.96. The molecule has 0 aliphatic rings. The van der Waals surface area contributed by atoms with Crippen molar-refractivity contribution in [1.29, 1.82) is 0 Å². The van der Waals surface area contributed by atoms with Crippen LogP contribution in [-0.4, -0.2) is 29.0 Å². The van der Waals surface area contributed by atoms with Crippen molar-refractivity contribution in [2.45, 2.75) is 38.5 Å². The molecule has 0 fully saturated rings. The molecule has 2 amide bonds. The van der Waals surface area contributed by atoms with Gasteiger partial charge in [0.05, 0.1) is 12.4 Å². The Morgan fingerprint density at radius 1 is 1.08 bits per heavy atom.